The number of hydrogen-bond donors (Lipinski definition) is 2. The van der Waals surface area contributed by atoms with E-state index in [-0.39, 0.29) is 5.91 Å². The van der Waals surface area contributed by atoms with E-state index in [0.29, 0.717) is 12.1 Å². The van der Waals surface area contributed by atoms with Crippen molar-refractivity contribution in [1.82, 2.24) is 5.32 Å². The molecule has 1 aromatic carbocycles. The van der Waals surface area contributed by atoms with Crippen LogP contribution in [0.2, 0.25) is 0 Å². The Morgan fingerprint density at radius 1 is 1.24 bits per heavy atom. The normalized spacial score (nSPS) is 10.2. The molecule has 4 heteroatoms. The molecule has 2 aromatic rings. The van der Waals surface area contributed by atoms with E-state index in [1.54, 1.807) is 23.5 Å². The molecule has 0 unspecified atom stereocenters. The zero-order valence-corrected chi connectivity index (χ0v) is 11.1. The Balaban J connectivity index is 1.95. The van der Waals surface area contributed by atoms with Crippen molar-refractivity contribution in [2.45, 2.75) is 18.4 Å². The monoisotopic (exact) mass is 263 g/mol. The van der Waals surface area contributed by atoms with Gasteiger partial charge in [-0.05, 0) is 43.3 Å². The maximum Gasteiger partial charge on any atom is 0.251 e. The Kier molecular flexibility index (Phi) is 3.86. The van der Waals surface area contributed by atoms with Crippen molar-refractivity contribution in [1.29, 1.82) is 0 Å². The molecule has 0 aliphatic carbocycles. The number of thiol groups is 1. The molecule has 1 aromatic heterocycles. The minimum atomic E-state index is -0.0515. The number of carbonyl (C=O) groups is 1. The van der Waals surface area contributed by atoms with Gasteiger partial charge in [0.2, 0.25) is 0 Å². The first-order valence-corrected chi connectivity index (χ1v) is 6.54. The minimum Gasteiger partial charge on any atom is -0.347 e. The molecule has 0 aliphatic rings. The Hall–Kier alpha value is -1.26. The Morgan fingerprint density at radius 3 is 2.53 bits per heavy atom. The lowest BCUT2D eigenvalue weighted by molar-refractivity contribution is 0.0951. The van der Waals surface area contributed by atoms with E-state index in [4.69, 9.17) is 0 Å². The van der Waals surface area contributed by atoms with Gasteiger partial charge < -0.3 is 5.32 Å². The Morgan fingerprint density at radius 2 is 1.94 bits per heavy atom. The molecule has 0 spiro atoms. The standard InChI is InChI=1S/C13H13NOS2/c1-9-2-7-12(17-9)8-14-13(15)10-3-5-11(16)6-4-10/h2-7,16H,8H2,1H3,(H,14,15). The number of nitrogens with one attached hydrogen (secondary N) is 1. The predicted molar refractivity (Wildman–Crippen MR) is 73.9 cm³/mol. The number of benzene rings is 1. The van der Waals surface area contributed by atoms with Crippen LogP contribution in [0.3, 0.4) is 0 Å². The molecule has 0 bridgehead atoms. The second kappa shape index (κ2) is 5.38. The van der Waals surface area contributed by atoms with Gasteiger partial charge >= 0.3 is 0 Å². The fourth-order valence-electron chi connectivity index (χ4n) is 1.46. The highest BCUT2D eigenvalue weighted by atomic mass is 32.1. The molecule has 0 fully saturated rings. The molecule has 0 atom stereocenters. The lowest BCUT2D eigenvalue weighted by atomic mass is 10.2. The Labute approximate surface area is 110 Å². The quantitative estimate of drug-likeness (QED) is 0.818. The molecule has 2 nitrogen and oxygen atoms in total. The van der Waals surface area contributed by atoms with Crippen LogP contribution in [-0.2, 0) is 6.54 Å². The van der Waals surface area contributed by atoms with E-state index in [0.717, 1.165) is 4.90 Å². The molecule has 0 saturated heterocycles. The van der Waals surface area contributed by atoms with Crippen LogP contribution in [0.15, 0.2) is 41.3 Å². The zero-order valence-electron chi connectivity index (χ0n) is 9.43. The largest absolute Gasteiger partial charge is 0.347 e. The van der Waals surface area contributed by atoms with Crippen molar-refractivity contribution in [3.8, 4) is 0 Å². The van der Waals surface area contributed by atoms with Crippen LogP contribution in [0.4, 0.5) is 0 Å². The lowest BCUT2D eigenvalue weighted by Gasteiger charge is -2.03. The second-order valence-corrected chi connectivity index (χ2v) is 5.63. The summed E-state index contributed by atoms with van der Waals surface area (Å²) < 4.78 is 0. The summed E-state index contributed by atoms with van der Waals surface area (Å²) in [7, 11) is 0. The summed E-state index contributed by atoms with van der Waals surface area (Å²) in [6.07, 6.45) is 0. The van der Waals surface area contributed by atoms with Crippen LogP contribution in [0.1, 0.15) is 20.1 Å². The van der Waals surface area contributed by atoms with Crippen molar-refractivity contribution in [2.75, 3.05) is 0 Å². The van der Waals surface area contributed by atoms with Gasteiger partial charge in [0.25, 0.3) is 5.91 Å². The average molecular weight is 263 g/mol. The molecular formula is C13H13NOS2. The summed E-state index contributed by atoms with van der Waals surface area (Å²) in [5.41, 5.74) is 0.663. The lowest BCUT2D eigenvalue weighted by Crippen LogP contribution is -2.22. The van der Waals surface area contributed by atoms with Crippen LogP contribution < -0.4 is 5.32 Å². The average Bonchev–Trinajstić information content (AvgIpc) is 2.73. The van der Waals surface area contributed by atoms with E-state index < -0.39 is 0 Å². The first-order chi connectivity index (χ1) is 8.15. The van der Waals surface area contributed by atoms with Crippen molar-refractivity contribution in [2.24, 2.45) is 0 Å². The van der Waals surface area contributed by atoms with E-state index in [2.05, 4.69) is 30.9 Å². The molecule has 1 amide bonds. The summed E-state index contributed by atoms with van der Waals surface area (Å²) >= 11 is 5.88. The van der Waals surface area contributed by atoms with Gasteiger partial charge in [0, 0.05) is 20.2 Å². The van der Waals surface area contributed by atoms with Crippen molar-refractivity contribution < 1.29 is 4.79 Å². The van der Waals surface area contributed by atoms with Gasteiger partial charge in [0.1, 0.15) is 0 Å². The number of rotatable bonds is 3. The molecule has 17 heavy (non-hydrogen) atoms. The van der Waals surface area contributed by atoms with Gasteiger partial charge in [-0.2, -0.15) is 0 Å². The fraction of sp³-hybridized carbons (Fsp3) is 0.154. The van der Waals surface area contributed by atoms with E-state index >= 15 is 0 Å². The molecule has 0 saturated carbocycles. The highest BCUT2D eigenvalue weighted by Crippen LogP contribution is 2.14. The van der Waals surface area contributed by atoms with Crippen molar-refractivity contribution >= 4 is 29.9 Å². The summed E-state index contributed by atoms with van der Waals surface area (Å²) in [6.45, 7) is 2.64. The minimum absolute atomic E-state index is 0.0515. The van der Waals surface area contributed by atoms with Crippen molar-refractivity contribution in [3.05, 3.63) is 51.7 Å². The SMILES string of the molecule is Cc1ccc(CNC(=O)c2ccc(S)cc2)s1. The summed E-state index contributed by atoms with van der Waals surface area (Å²) in [5, 5.41) is 2.89. The van der Waals surface area contributed by atoms with Gasteiger partial charge in [-0.15, -0.1) is 24.0 Å². The van der Waals surface area contributed by atoms with E-state index in [1.807, 2.05) is 18.2 Å². The molecule has 1 heterocycles. The van der Waals surface area contributed by atoms with Gasteiger partial charge in [-0.1, -0.05) is 0 Å². The summed E-state index contributed by atoms with van der Waals surface area (Å²) in [5.74, 6) is -0.0515. The Bertz CT molecular complexity index is 516. The first-order valence-electron chi connectivity index (χ1n) is 5.28. The smallest absolute Gasteiger partial charge is 0.251 e. The van der Waals surface area contributed by atoms with Crippen LogP contribution >= 0.6 is 24.0 Å². The first kappa shape index (κ1) is 12.2. The van der Waals surface area contributed by atoms with Crippen LogP contribution in [0, 0.1) is 6.92 Å². The molecule has 88 valence electrons. The molecule has 0 radical (unpaired) electrons. The third kappa shape index (κ3) is 3.35. The number of amides is 1. The molecular weight excluding hydrogens is 250 g/mol. The van der Waals surface area contributed by atoms with Crippen LogP contribution in [0.25, 0.3) is 0 Å². The fourth-order valence-corrected chi connectivity index (χ4v) is 2.44. The second-order valence-electron chi connectivity index (χ2n) is 3.74. The summed E-state index contributed by atoms with van der Waals surface area (Å²) in [4.78, 5) is 15.1. The van der Waals surface area contributed by atoms with Crippen molar-refractivity contribution in [3.63, 3.8) is 0 Å². The summed E-state index contributed by atoms with van der Waals surface area (Å²) in [6, 6.07) is 11.3. The topological polar surface area (TPSA) is 29.1 Å². The molecule has 2 rings (SSSR count). The van der Waals surface area contributed by atoms with Crippen LogP contribution in [0.5, 0.6) is 0 Å². The number of aryl methyl sites for hydroxylation is 1. The predicted octanol–water partition coefficient (Wildman–Crippen LogP) is 3.28. The van der Waals surface area contributed by atoms with E-state index in [1.165, 1.54) is 9.75 Å². The van der Waals surface area contributed by atoms with Gasteiger partial charge in [0.05, 0.1) is 6.54 Å². The van der Waals surface area contributed by atoms with Gasteiger partial charge in [0.15, 0.2) is 0 Å². The number of carbonyl (C=O) groups excluding carboxylic acids is 1. The highest BCUT2D eigenvalue weighted by molar-refractivity contribution is 7.80. The van der Waals surface area contributed by atoms with Gasteiger partial charge in [-0.25, -0.2) is 0 Å². The number of thiophene rings is 1. The highest BCUT2D eigenvalue weighted by Gasteiger charge is 2.05. The third-order valence-corrected chi connectivity index (χ3v) is 3.65. The van der Waals surface area contributed by atoms with E-state index in [9.17, 15) is 4.79 Å². The number of hydrogen-bond acceptors (Lipinski definition) is 3. The maximum atomic E-state index is 11.8. The van der Waals surface area contributed by atoms with Gasteiger partial charge in [-0.3, -0.25) is 4.79 Å². The third-order valence-electron chi connectivity index (χ3n) is 2.35. The van der Waals surface area contributed by atoms with Crippen LogP contribution in [-0.4, -0.2) is 5.91 Å². The maximum absolute atomic E-state index is 11.8. The molecule has 0 aliphatic heterocycles. The molecule has 1 N–H and O–H groups in total. The zero-order chi connectivity index (χ0) is 12.3.